The third-order valence-electron chi connectivity index (χ3n) is 3.95. The predicted octanol–water partition coefficient (Wildman–Crippen LogP) is 2.52. The van der Waals surface area contributed by atoms with Gasteiger partial charge in [-0.1, -0.05) is 6.92 Å². The first-order valence-corrected chi connectivity index (χ1v) is 6.57. The summed E-state index contributed by atoms with van der Waals surface area (Å²) in [6.45, 7) is 4.91. The summed E-state index contributed by atoms with van der Waals surface area (Å²) in [5.41, 5.74) is 6.18. The second-order valence-corrected chi connectivity index (χ2v) is 5.37. The van der Waals surface area contributed by atoms with Gasteiger partial charge in [0.2, 0.25) is 0 Å². The average Bonchev–Trinajstić information content (AvgIpc) is 2.38. The Balaban J connectivity index is 2.05. The molecule has 0 radical (unpaired) electrons. The molecule has 1 aromatic carbocycles. The molecule has 0 bridgehead atoms. The number of hydrogen-bond acceptors (Lipinski definition) is 2. The second kappa shape index (κ2) is 5.92. The normalized spacial score (nSPS) is 24.7. The van der Waals surface area contributed by atoms with Gasteiger partial charge in [0.1, 0.15) is 0 Å². The van der Waals surface area contributed by atoms with Gasteiger partial charge in [0.05, 0.1) is 0 Å². The summed E-state index contributed by atoms with van der Waals surface area (Å²) in [5.74, 6) is -2.69. The van der Waals surface area contributed by atoms with Crippen LogP contribution in [0.4, 0.5) is 13.2 Å². The molecule has 1 saturated heterocycles. The second-order valence-electron chi connectivity index (χ2n) is 5.37. The van der Waals surface area contributed by atoms with Crippen LogP contribution in [0.2, 0.25) is 0 Å². The molecule has 106 valence electrons. The van der Waals surface area contributed by atoms with E-state index in [0.29, 0.717) is 30.5 Å². The highest BCUT2D eigenvalue weighted by molar-refractivity contribution is 5.19. The topological polar surface area (TPSA) is 29.3 Å². The summed E-state index contributed by atoms with van der Waals surface area (Å²) in [5, 5.41) is 0. The Morgan fingerprint density at radius 1 is 1.26 bits per heavy atom. The van der Waals surface area contributed by atoms with Crippen LogP contribution in [0.15, 0.2) is 12.1 Å². The molecular formula is C14H19F3N2. The minimum Gasteiger partial charge on any atom is -0.330 e. The van der Waals surface area contributed by atoms with Crippen molar-refractivity contribution in [1.82, 2.24) is 4.90 Å². The van der Waals surface area contributed by atoms with Crippen molar-refractivity contribution in [2.24, 2.45) is 17.6 Å². The fourth-order valence-electron chi connectivity index (χ4n) is 2.63. The lowest BCUT2D eigenvalue weighted by molar-refractivity contribution is 0.126. The van der Waals surface area contributed by atoms with Crippen LogP contribution in [0.5, 0.6) is 0 Å². The zero-order valence-corrected chi connectivity index (χ0v) is 11.0. The molecule has 2 unspecified atom stereocenters. The molecule has 2 nitrogen and oxygen atoms in total. The van der Waals surface area contributed by atoms with Gasteiger partial charge >= 0.3 is 0 Å². The fourth-order valence-corrected chi connectivity index (χ4v) is 2.63. The molecule has 1 aliphatic heterocycles. The summed E-state index contributed by atoms with van der Waals surface area (Å²) in [6.07, 6.45) is 1.02. The largest absolute Gasteiger partial charge is 0.330 e. The highest BCUT2D eigenvalue weighted by Crippen LogP contribution is 2.24. The zero-order chi connectivity index (χ0) is 14.0. The lowest BCUT2D eigenvalue weighted by atomic mass is 9.87. The molecule has 1 aliphatic rings. The van der Waals surface area contributed by atoms with E-state index >= 15 is 0 Å². The number of benzene rings is 1. The molecule has 0 saturated carbocycles. The smallest absolute Gasteiger partial charge is 0.194 e. The van der Waals surface area contributed by atoms with Crippen LogP contribution >= 0.6 is 0 Å². The number of nitrogens with zero attached hydrogens (tertiary/aromatic N) is 1. The maximum atomic E-state index is 13.1. The van der Waals surface area contributed by atoms with E-state index in [4.69, 9.17) is 5.73 Å². The molecule has 2 atom stereocenters. The summed E-state index contributed by atoms with van der Waals surface area (Å²) < 4.78 is 39.2. The highest BCUT2D eigenvalue weighted by atomic mass is 19.2. The molecule has 19 heavy (non-hydrogen) atoms. The molecule has 0 aliphatic carbocycles. The SMILES string of the molecule is CC1CCN(Cc2cc(F)c(F)c(F)c2)CC1CN. The van der Waals surface area contributed by atoms with Crippen molar-refractivity contribution >= 4 is 0 Å². The Kier molecular flexibility index (Phi) is 4.47. The van der Waals surface area contributed by atoms with Crippen molar-refractivity contribution in [3.05, 3.63) is 35.1 Å². The number of likely N-dealkylation sites (tertiary alicyclic amines) is 1. The van der Waals surface area contributed by atoms with Crippen LogP contribution in [0.1, 0.15) is 18.9 Å². The van der Waals surface area contributed by atoms with Gasteiger partial charge in [-0.3, -0.25) is 4.90 Å². The number of piperidine rings is 1. The van der Waals surface area contributed by atoms with Gasteiger partial charge in [-0.25, -0.2) is 13.2 Å². The van der Waals surface area contributed by atoms with E-state index in [1.807, 2.05) is 0 Å². The fraction of sp³-hybridized carbons (Fsp3) is 0.571. The van der Waals surface area contributed by atoms with Crippen molar-refractivity contribution in [2.45, 2.75) is 19.9 Å². The zero-order valence-electron chi connectivity index (χ0n) is 11.0. The number of halogens is 3. The first kappa shape index (κ1) is 14.3. The van der Waals surface area contributed by atoms with Crippen molar-refractivity contribution in [3.63, 3.8) is 0 Å². The van der Waals surface area contributed by atoms with E-state index < -0.39 is 17.5 Å². The Morgan fingerprint density at radius 3 is 2.47 bits per heavy atom. The summed E-state index contributed by atoms with van der Waals surface area (Å²) in [7, 11) is 0. The van der Waals surface area contributed by atoms with Crippen LogP contribution < -0.4 is 5.73 Å². The van der Waals surface area contributed by atoms with Crippen molar-refractivity contribution < 1.29 is 13.2 Å². The molecule has 5 heteroatoms. The van der Waals surface area contributed by atoms with Crippen molar-refractivity contribution in [2.75, 3.05) is 19.6 Å². The van der Waals surface area contributed by atoms with Gasteiger partial charge in [-0.2, -0.15) is 0 Å². The summed E-state index contributed by atoms with van der Waals surface area (Å²) >= 11 is 0. The lowest BCUT2D eigenvalue weighted by Crippen LogP contribution is -2.42. The number of nitrogens with two attached hydrogens (primary N) is 1. The molecular weight excluding hydrogens is 253 g/mol. The molecule has 0 amide bonds. The van der Waals surface area contributed by atoms with E-state index in [2.05, 4.69) is 11.8 Å². The van der Waals surface area contributed by atoms with E-state index in [1.54, 1.807) is 0 Å². The maximum Gasteiger partial charge on any atom is 0.194 e. The Morgan fingerprint density at radius 2 is 1.89 bits per heavy atom. The molecule has 1 heterocycles. The number of hydrogen-bond donors (Lipinski definition) is 1. The standard InChI is InChI=1S/C14H19F3N2/c1-9-2-3-19(8-11(9)6-18)7-10-4-12(15)14(17)13(16)5-10/h4-5,9,11H,2-3,6-8,18H2,1H3. The van der Waals surface area contributed by atoms with Gasteiger partial charge in [-0.15, -0.1) is 0 Å². The minimum atomic E-state index is -1.41. The molecule has 2 N–H and O–H groups in total. The Bertz CT molecular complexity index is 427. The minimum absolute atomic E-state index is 0.406. The molecule has 2 rings (SSSR count). The third-order valence-corrected chi connectivity index (χ3v) is 3.95. The van der Waals surface area contributed by atoms with Crippen LogP contribution in [-0.2, 0) is 6.54 Å². The highest BCUT2D eigenvalue weighted by Gasteiger charge is 2.25. The van der Waals surface area contributed by atoms with Gasteiger partial charge in [0, 0.05) is 13.1 Å². The van der Waals surface area contributed by atoms with Crippen molar-refractivity contribution in [1.29, 1.82) is 0 Å². The maximum absolute atomic E-state index is 13.1. The first-order chi connectivity index (χ1) is 9.01. The van der Waals surface area contributed by atoms with Gasteiger partial charge in [0.15, 0.2) is 17.5 Å². The number of rotatable bonds is 3. The van der Waals surface area contributed by atoms with E-state index in [0.717, 1.165) is 31.6 Å². The summed E-state index contributed by atoms with van der Waals surface area (Å²) in [6, 6.07) is 2.13. The van der Waals surface area contributed by atoms with Gasteiger partial charge in [0.25, 0.3) is 0 Å². The quantitative estimate of drug-likeness (QED) is 0.857. The summed E-state index contributed by atoms with van der Waals surface area (Å²) in [4.78, 5) is 2.11. The molecule has 0 spiro atoms. The van der Waals surface area contributed by atoms with E-state index in [9.17, 15) is 13.2 Å². The molecule has 0 aromatic heterocycles. The van der Waals surface area contributed by atoms with Gasteiger partial charge in [-0.05, 0) is 49.0 Å². The Labute approximate surface area is 111 Å². The van der Waals surface area contributed by atoms with E-state index in [1.165, 1.54) is 0 Å². The van der Waals surface area contributed by atoms with Crippen LogP contribution in [0.3, 0.4) is 0 Å². The monoisotopic (exact) mass is 272 g/mol. The molecule has 1 aromatic rings. The predicted molar refractivity (Wildman–Crippen MR) is 67.9 cm³/mol. The lowest BCUT2D eigenvalue weighted by Gasteiger charge is -2.36. The van der Waals surface area contributed by atoms with Gasteiger partial charge < -0.3 is 5.73 Å². The Hall–Kier alpha value is -1.07. The third kappa shape index (κ3) is 3.28. The molecule has 1 fully saturated rings. The van der Waals surface area contributed by atoms with Crippen molar-refractivity contribution in [3.8, 4) is 0 Å². The van der Waals surface area contributed by atoms with E-state index in [-0.39, 0.29) is 0 Å². The van der Waals surface area contributed by atoms with Crippen LogP contribution in [0.25, 0.3) is 0 Å². The average molecular weight is 272 g/mol. The first-order valence-electron chi connectivity index (χ1n) is 6.57. The van der Waals surface area contributed by atoms with Crippen LogP contribution in [0, 0.1) is 29.3 Å². The van der Waals surface area contributed by atoms with Crippen LogP contribution in [-0.4, -0.2) is 24.5 Å².